The second kappa shape index (κ2) is 3.12. The van der Waals surface area contributed by atoms with E-state index in [2.05, 4.69) is 15.9 Å². The fourth-order valence-corrected chi connectivity index (χ4v) is 1.10. The van der Waals surface area contributed by atoms with Gasteiger partial charge in [0.15, 0.2) is 0 Å². The van der Waals surface area contributed by atoms with Gasteiger partial charge in [-0.05, 0) is 0 Å². The first-order chi connectivity index (χ1) is 4.22. The van der Waals surface area contributed by atoms with Gasteiger partial charge in [-0.15, -0.1) is 0 Å². The van der Waals surface area contributed by atoms with E-state index in [1.54, 1.807) is 0 Å². The van der Waals surface area contributed by atoms with Gasteiger partial charge in [-0.1, -0.05) is 0 Å². The predicted molar refractivity (Wildman–Crippen MR) is 44.5 cm³/mol. The van der Waals surface area contributed by atoms with Crippen molar-refractivity contribution < 1.29 is 0 Å². The van der Waals surface area contributed by atoms with E-state index in [9.17, 15) is 0 Å². The molecule has 0 heterocycles. The molecule has 1 aromatic carbocycles. The number of halogens is 2. The van der Waals surface area contributed by atoms with Gasteiger partial charge in [0.25, 0.3) is 0 Å². The summed E-state index contributed by atoms with van der Waals surface area (Å²) in [4.78, 5) is 0. The molecule has 0 radical (unpaired) electrons. The number of rotatable bonds is 0. The van der Waals surface area contributed by atoms with Gasteiger partial charge in [-0.2, -0.15) is 0 Å². The van der Waals surface area contributed by atoms with Crippen molar-refractivity contribution in [1.29, 1.82) is 0 Å². The van der Waals surface area contributed by atoms with E-state index < -0.39 is 0 Å². The Balaban J connectivity index is 3.25. The van der Waals surface area contributed by atoms with Gasteiger partial charge in [0.05, 0.1) is 0 Å². The number of hydrogen-bond donors (Lipinski definition) is 0. The van der Waals surface area contributed by atoms with E-state index in [1.165, 1.54) is 4.24 Å². The van der Waals surface area contributed by atoms with Crippen molar-refractivity contribution in [3.05, 3.63) is 27.7 Å². The second-order valence-corrected chi connectivity index (χ2v) is 3.07. The van der Waals surface area contributed by atoms with Crippen LogP contribution >= 0.6 is 27.5 Å². The summed E-state index contributed by atoms with van der Waals surface area (Å²) in [7, 11) is 0. The molecular weight excluding hydrogens is 194 g/mol. The summed E-state index contributed by atoms with van der Waals surface area (Å²) in [5.74, 6) is 0. The Morgan fingerprint density at radius 1 is 1.44 bits per heavy atom. The Kier molecular flexibility index (Phi) is 2.67. The molecular formula is C6H3BrClLi. The molecule has 0 atom stereocenters. The molecule has 0 fully saturated rings. The molecule has 0 aliphatic heterocycles. The van der Waals surface area contributed by atoms with Crippen molar-refractivity contribution in [2.45, 2.75) is 0 Å². The van der Waals surface area contributed by atoms with E-state index in [4.69, 9.17) is 11.6 Å². The van der Waals surface area contributed by atoms with Crippen LogP contribution in [-0.4, -0.2) is 17.7 Å². The molecule has 0 aliphatic carbocycles. The molecule has 0 N–H and O–H groups in total. The molecule has 0 saturated heterocycles. The average Bonchev–Trinajstić information content (AvgIpc) is 1.83. The van der Waals surface area contributed by atoms with E-state index >= 15 is 0 Å². The van der Waals surface area contributed by atoms with Crippen LogP contribution in [0.15, 0.2) is 22.7 Å². The molecule has 0 amide bonds. The molecule has 1 rings (SSSR count). The van der Waals surface area contributed by atoms with Crippen molar-refractivity contribution in [1.82, 2.24) is 0 Å². The third kappa shape index (κ3) is 1.75. The van der Waals surface area contributed by atoms with Crippen molar-refractivity contribution in [3.63, 3.8) is 0 Å². The first kappa shape index (κ1) is 7.69. The third-order valence-electron chi connectivity index (χ3n) is 1.14. The average molecular weight is 197 g/mol. The van der Waals surface area contributed by atoms with Gasteiger partial charge < -0.3 is 0 Å². The molecule has 0 aliphatic rings. The van der Waals surface area contributed by atoms with Gasteiger partial charge in [-0.25, -0.2) is 0 Å². The van der Waals surface area contributed by atoms with E-state index in [-0.39, 0.29) is 0 Å². The van der Waals surface area contributed by atoms with E-state index in [0.29, 0.717) is 0 Å². The van der Waals surface area contributed by atoms with Gasteiger partial charge in [0, 0.05) is 0 Å². The van der Waals surface area contributed by atoms with Crippen LogP contribution in [0.2, 0.25) is 5.02 Å². The standard InChI is InChI=1S/C6H3BrCl.Li/c7-5-3-1-2-4-6(5)8;/h1-2,4H;. The third-order valence-corrected chi connectivity index (χ3v) is 2.74. The summed E-state index contributed by atoms with van der Waals surface area (Å²) in [6.07, 6.45) is 0. The van der Waals surface area contributed by atoms with Crippen LogP contribution in [0.3, 0.4) is 0 Å². The molecule has 0 bridgehead atoms. The van der Waals surface area contributed by atoms with Crippen LogP contribution in [-0.2, 0) is 0 Å². The quantitative estimate of drug-likeness (QED) is 0.557. The summed E-state index contributed by atoms with van der Waals surface area (Å²) >= 11 is 11.1. The monoisotopic (exact) mass is 196 g/mol. The molecule has 0 aromatic heterocycles. The predicted octanol–water partition coefficient (Wildman–Crippen LogP) is 1.90. The molecule has 0 saturated carbocycles. The molecule has 1 aromatic rings. The first-order valence-electron chi connectivity index (χ1n) is 2.62. The first-order valence-corrected chi connectivity index (χ1v) is 3.79. The van der Waals surface area contributed by atoms with Crippen LogP contribution < -0.4 is 4.24 Å². The summed E-state index contributed by atoms with van der Waals surface area (Å²) < 4.78 is 2.16. The van der Waals surface area contributed by atoms with Crippen LogP contribution in [0.5, 0.6) is 0 Å². The zero-order valence-electron chi connectivity index (χ0n) is 4.99. The Labute approximate surface area is 76.9 Å². The van der Waals surface area contributed by atoms with Crippen LogP contribution in [0.25, 0.3) is 0 Å². The topological polar surface area (TPSA) is 0 Å². The van der Waals surface area contributed by atoms with Crippen molar-refractivity contribution >= 4 is 49.5 Å². The summed E-state index contributed by atoms with van der Waals surface area (Å²) in [6.45, 7) is 0. The van der Waals surface area contributed by atoms with Crippen molar-refractivity contribution in [3.8, 4) is 0 Å². The van der Waals surface area contributed by atoms with E-state index in [1.807, 2.05) is 35.9 Å². The fourth-order valence-electron chi connectivity index (χ4n) is 0.612. The molecule has 9 heavy (non-hydrogen) atoms. The Hall–Kier alpha value is 0.587. The van der Waals surface area contributed by atoms with Crippen LogP contribution in [0.1, 0.15) is 0 Å². The van der Waals surface area contributed by atoms with Crippen LogP contribution in [0.4, 0.5) is 0 Å². The summed E-state index contributed by atoms with van der Waals surface area (Å²) in [6, 6.07) is 5.80. The normalized spacial score (nSPS) is 9.78. The Bertz CT molecular complexity index is 204. The number of hydrogen-bond acceptors (Lipinski definition) is 0. The summed E-state index contributed by atoms with van der Waals surface area (Å²) in [5.41, 5.74) is 0. The van der Waals surface area contributed by atoms with Crippen LogP contribution in [0, 0.1) is 0 Å². The minimum atomic E-state index is 0.773. The zero-order chi connectivity index (χ0) is 6.85. The molecule has 0 unspecified atom stereocenters. The Morgan fingerprint density at radius 3 is 2.56 bits per heavy atom. The SMILES string of the molecule is [Li][c]1cccc(Cl)c1Br. The maximum absolute atomic E-state index is 5.77. The Morgan fingerprint density at radius 2 is 2.11 bits per heavy atom. The zero-order valence-corrected chi connectivity index (χ0v) is 7.33. The molecule has 42 valence electrons. The summed E-state index contributed by atoms with van der Waals surface area (Å²) in [5, 5.41) is 0.773. The molecule has 0 spiro atoms. The van der Waals surface area contributed by atoms with Gasteiger partial charge >= 0.3 is 77.2 Å². The van der Waals surface area contributed by atoms with Crippen molar-refractivity contribution in [2.75, 3.05) is 0 Å². The van der Waals surface area contributed by atoms with Crippen molar-refractivity contribution in [2.24, 2.45) is 0 Å². The maximum atomic E-state index is 5.77. The van der Waals surface area contributed by atoms with Gasteiger partial charge in [0.1, 0.15) is 0 Å². The minimum absolute atomic E-state index is 0.773. The number of benzene rings is 1. The molecule has 0 nitrogen and oxygen atoms in total. The second-order valence-electron chi connectivity index (χ2n) is 1.87. The van der Waals surface area contributed by atoms with Gasteiger partial charge in [-0.3, -0.25) is 0 Å². The van der Waals surface area contributed by atoms with E-state index in [0.717, 1.165) is 9.50 Å². The molecule has 3 heteroatoms. The van der Waals surface area contributed by atoms with Gasteiger partial charge in [0.2, 0.25) is 0 Å². The fraction of sp³-hybridized carbons (Fsp3) is 0.